The molecule has 2 unspecified atom stereocenters. The molecule has 5 atom stereocenters. The number of nitrogens with two attached hydrogens (primary N) is 1. The van der Waals surface area contributed by atoms with E-state index in [2.05, 4.69) is 5.32 Å². The van der Waals surface area contributed by atoms with Crippen LogP contribution in [0.1, 0.15) is 44.6 Å². The summed E-state index contributed by atoms with van der Waals surface area (Å²) in [6.07, 6.45) is -1.29. The number of likely N-dealkylation sites (tertiary alicyclic amines) is 1. The second kappa shape index (κ2) is 11.3. The molecule has 1 heterocycles. The third kappa shape index (κ3) is 6.09. The molecular formula is C22H33FN3O5+. The number of amides is 2. The number of hydrogen-bond donors (Lipinski definition) is 4. The number of rotatable bonds is 11. The van der Waals surface area contributed by atoms with Gasteiger partial charge in [-0.1, -0.05) is 30.3 Å². The molecule has 1 saturated heterocycles. The number of aryl methyl sites for hydroxylation is 1. The van der Waals surface area contributed by atoms with Gasteiger partial charge in [0.1, 0.15) is 24.3 Å². The molecule has 172 valence electrons. The lowest BCUT2D eigenvalue weighted by atomic mass is 10.0. The zero-order valence-corrected chi connectivity index (χ0v) is 17.9. The SMILES string of the molecule is C[C@@H]1CCC[N+]1(C(=O)O)C(=O)[C@H](CC(F)CCN)N[C@@H](CCc1ccccc1)C(=O)O. The molecule has 0 aromatic heterocycles. The lowest BCUT2D eigenvalue weighted by Crippen LogP contribution is -2.65. The monoisotopic (exact) mass is 438 g/mol. The second-order valence-corrected chi connectivity index (χ2v) is 8.25. The normalized spacial score (nSPS) is 23.8. The predicted octanol–water partition coefficient (Wildman–Crippen LogP) is 2.31. The number of hydrogen-bond acceptors (Lipinski definition) is 5. The van der Waals surface area contributed by atoms with Gasteiger partial charge in [-0.3, -0.25) is 10.1 Å². The van der Waals surface area contributed by atoms with E-state index in [-0.39, 0.29) is 32.4 Å². The van der Waals surface area contributed by atoms with Gasteiger partial charge in [-0.15, -0.1) is 0 Å². The summed E-state index contributed by atoms with van der Waals surface area (Å²) < 4.78 is 13.6. The fourth-order valence-electron chi connectivity index (χ4n) is 4.33. The molecule has 9 heteroatoms. The summed E-state index contributed by atoms with van der Waals surface area (Å²) in [5, 5.41) is 22.4. The Kier molecular flexibility index (Phi) is 9.09. The van der Waals surface area contributed by atoms with Crippen molar-refractivity contribution in [2.24, 2.45) is 5.73 Å². The summed E-state index contributed by atoms with van der Waals surface area (Å²) in [4.78, 5) is 37.4. The first-order valence-corrected chi connectivity index (χ1v) is 10.7. The van der Waals surface area contributed by atoms with Gasteiger partial charge in [0.25, 0.3) is 0 Å². The first kappa shape index (κ1) is 24.9. The van der Waals surface area contributed by atoms with Crippen LogP contribution in [0.15, 0.2) is 30.3 Å². The quantitative estimate of drug-likeness (QED) is 0.390. The van der Waals surface area contributed by atoms with Gasteiger partial charge in [0.05, 0.1) is 6.54 Å². The second-order valence-electron chi connectivity index (χ2n) is 8.25. The third-order valence-corrected chi connectivity index (χ3v) is 6.15. The van der Waals surface area contributed by atoms with Crippen LogP contribution in [0.2, 0.25) is 0 Å². The fourth-order valence-corrected chi connectivity index (χ4v) is 4.33. The highest BCUT2D eigenvalue weighted by Gasteiger charge is 2.55. The van der Waals surface area contributed by atoms with Crippen molar-refractivity contribution >= 4 is 18.0 Å². The Balaban J connectivity index is 2.25. The minimum atomic E-state index is -1.44. The van der Waals surface area contributed by atoms with Gasteiger partial charge in [0.15, 0.2) is 0 Å². The standard InChI is InChI=1S/C22H32FN3O5/c1-15-6-5-13-26(15,22(30)31)20(27)19(14-17(23)11-12-24)25-18(21(28)29)10-9-16-7-3-2-4-8-16/h2-4,7-8,15,17-19,25H,5-6,9-14,24H2,1H3,(H-,28,29,30,31)/p+1/t15-,17?,18+,19+,26?/m1/s1. The molecule has 2 amide bonds. The van der Waals surface area contributed by atoms with Gasteiger partial charge in [-0.2, -0.15) is 9.28 Å². The van der Waals surface area contributed by atoms with Crippen molar-refractivity contribution < 1.29 is 33.5 Å². The van der Waals surface area contributed by atoms with Crippen LogP contribution in [0.3, 0.4) is 0 Å². The van der Waals surface area contributed by atoms with E-state index in [0.717, 1.165) is 5.56 Å². The van der Waals surface area contributed by atoms with Crippen LogP contribution in [-0.2, 0) is 16.0 Å². The molecule has 0 saturated carbocycles. The number of nitrogens with zero attached hydrogens (tertiary/aromatic N) is 1. The number of carboxylic acid groups (broad SMARTS) is 2. The summed E-state index contributed by atoms with van der Waals surface area (Å²) in [7, 11) is 0. The van der Waals surface area contributed by atoms with Crippen LogP contribution in [0.5, 0.6) is 0 Å². The zero-order valence-electron chi connectivity index (χ0n) is 17.9. The molecule has 0 bridgehead atoms. The number of alkyl halides is 1. The Bertz CT molecular complexity index is 763. The van der Waals surface area contributed by atoms with Crippen molar-refractivity contribution in [1.82, 2.24) is 5.32 Å². The molecule has 31 heavy (non-hydrogen) atoms. The Morgan fingerprint density at radius 3 is 2.39 bits per heavy atom. The van der Waals surface area contributed by atoms with E-state index in [1.807, 2.05) is 30.3 Å². The van der Waals surface area contributed by atoms with Crippen molar-refractivity contribution in [3.8, 4) is 0 Å². The van der Waals surface area contributed by atoms with Gasteiger partial charge < -0.3 is 15.9 Å². The van der Waals surface area contributed by atoms with E-state index in [0.29, 0.717) is 19.3 Å². The number of halogens is 1. The summed E-state index contributed by atoms with van der Waals surface area (Å²) in [6, 6.07) is 6.47. The smallest absolute Gasteiger partial charge is 0.480 e. The van der Waals surface area contributed by atoms with Crippen molar-refractivity contribution in [1.29, 1.82) is 0 Å². The van der Waals surface area contributed by atoms with Crippen LogP contribution < -0.4 is 11.1 Å². The van der Waals surface area contributed by atoms with Crippen LogP contribution >= 0.6 is 0 Å². The van der Waals surface area contributed by atoms with E-state index in [1.54, 1.807) is 6.92 Å². The molecule has 0 spiro atoms. The van der Waals surface area contributed by atoms with Gasteiger partial charge in [-0.05, 0) is 38.3 Å². The molecule has 1 aromatic carbocycles. The highest BCUT2D eigenvalue weighted by Crippen LogP contribution is 2.30. The van der Waals surface area contributed by atoms with Crippen molar-refractivity contribution in [2.75, 3.05) is 13.1 Å². The van der Waals surface area contributed by atoms with E-state index >= 15 is 0 Å². The number of carboxylic acids is 1. The number of quaternary nitrogens is 1. The van der Waals surface area contributed by atoms with E-state index in [1.165, 1.54) is 0 Å². The van der Waals surface area contributed by atoms with Gasteiger partial charge in [0.2, 0.25) is 0 Å². The average Bonchev–Trinajstić information content (AvgIpc) is 3.12. The molecule has 5 N–H and O–H groups in total. The Labute approximate surface area is 181 Å². The molecule has 0 radical (unpaired) electrons. The van der Waals surface area contributed by atoms with Crippen molar-refractivity contribution in [3.05, 3.63) is 35.9 Å². The topological polar surface area (TPSA) is 130 Å². The van der Waals surface area contributed by atoms with E-state index < -0.39 is 46.7 Å². The molecule has 0 aliphatic carbocycles. The lowest BCUT2D eigenvalue weighted by molar-refractivity contribution is -0.793. The van der Waals surface area contributed by atoms with Gasteiger partial charge >= 0.3 is 18.0 Å². The van der Waals surface area contributed by atoms with E-state index in [4.69, 9.17) is 5.73 Å². The number of carbonyl (C=O) groups excluding carboxylic acids is 1. The summed E-state index contributed by atoms with van der Waals surface area (Å²) >= 11 is 0. The summed E-state index contributed by atoms with van der Waals surface area (Å²) in [5.41, 5.74) is 6.36. The largest absolute Gasteiger partial charge is 0.521 e. The van der Waals surface area contributed by atoms with Gasteiger partial charge in [-0.25, -0.2) is 9.18 Å². The Morgan fingerprint density at radius 2 is 1.87 bits per heavy atom. The molecule has 1 aliphatic rings. The Hall–Kier alpha value is -2.36. The fraction of sp³-hybridized carbons (Fsp3) is 0.591. The minimum Gasteiger partial charge on any atom is -0.480 e. The van der Waals surface area contributed by atoms with Crippen LogP contribution in [0.4, 0.5) is 9.18 Å². The lowest BCUT2D eigenvalue weighted by Gasteiger charge is -2.34. The summed E-state index contributed by atoms with van der Waals surface area (Å²) in [6.45, 7) is 1.88. The zero-order chi connectivity index (χ0) is 23.0. The predicted molar refractivity (Wildman–Crippen MR) is 113 cm³/mol. The molecule has 1 fully saturated rings. The first-order valence-electron chi connectivity index (χ1n) is 10.7. The number of carbonyl (C=O) groups is 3. The minimum absolute atomic E-state index is 0.00976. The number of nitrogens with one attached hydrogen (secondary N) is 1. The first-order chi connectivity index (χ1) is 14.7. The van der Waals surface area contributed by atoms with Crippen LogP contribution in [0, 0.1) is 0 Å². The number of imide groups is 1. The average molecular weight is 439 g/mol. The molecule has 1 aromatic rings. The van der Waals surface area contributed by atoms with E-state index in [9.17, 15) is 29.0 Å². The third-order valence-electron chi connectivity index (χ3n) is 6.15. The van der Waals surface area contributed by atoms with Crippen molar-refractivity contribution in [3.63, 3.8) is 0 Å². The summed E-state index contributed by atoms with van der Waals surface area (Å²) in [5.74, 6) is -1.86. The Morgan fingerprint density at radius 1 is 1.19 bits per heavy atom. The number of benzene rings is 1. The highest BCUT2D eigenvalue weighted by molar-refractivity contribution is 5.85. The maximum Gasteiger partial charge on any atom is 0.521 e. The maximum atomic E-state index is 14.5. The van der Waals surface area contributed by atoms with Crippen LogP contribution in [0.25, 0.3) is 0 Å². The molecule has 1 aliphatic heterocycles. The van der Waals surface area contributed by atoms with Crippen LogP contribution in [-0.4, -0.2) is 70.1 Å². The number of aliphatic carboxylic acids is 1. The highest BCUT2D eigenvalue weighted by atomic mass is 19.1. The van der Waals surface area contributed by atoms with Crippen molar-refractivity contribution in [2.45, 2.75) is 69.7 Å². The van der Waals surface area contributed by atoms with Gasteiger partial charge in [0, 0.05) is 19.3 Å². The maximum absolute atomic E-state index is 14.5. The molecule has 2 rings (SSSR count). The molecule has 8 nitrogen and oxygen atoms in total. The molecular weight excluding hydrogens is 405 g/mol.